The van der Waals surface area contributed by atoms with Crippen molar-refractivity contribution >= 4 is 0 Å². The van der Waals surface area contributed by atoms with Gasteiger partial charge in [-0.15, -0.1) is 0 Å². The number of rotatable bonds is 16. The highest BCUT2D eigenvalue weighted by atomic mass is 16.5. The predicted octanol–water partition coefficient (Wildman–Crippen LogP) is 7.89. The van der Waals surface area contributed by atoms with E-state index in [4.69, 9.17) is 9.47 Å². The molecule has 1 aliphatic rings. The molecule has 1 aliphatic carbocycles. The fourth-order valence-corrected chi connectivity index (χ4v) is 4.72. The van der Waals surface area contributed by atoms with Crippen LogP contribution in [0.5, 0.6) is 0 Å². The zero-order valence-corrected chi connectivity index (χ0v) is 20.2. The molecule has 0 heterocycles. The van der Waals surface area contributed by atoms with Crippen LogP contribution in [0.4, 0.5) is 0 Å². The van der Waals surface area contributed by atoms with Crippen LogP contribution in [0, 0.1) is 29.1 Å². The fraction of sp³-hybridized carbons (Fsp3) is 1.00. The minimum Gasteiger partial charge on any atom is -0.381 e. The maximum atomic E-state index is 6.36. The minimum atomic E-state index is 0.233. The van der Waals surface area contributed by atoms with E-state index in [9.17, 15) is 0 Å². The number of hydrogen-bond donors (Lipinski definition) is 0. The van der Waals surface area contributed by atoms with Crippen LogP contribution in [0.1, 0.15) is 112 Å². The summed E-state index contributed by atoms with van der Waals surface area (Å²) in [6.45, 7) is 17.5. The Balaban J connectivity index is 2.82. The molecular formula is C26H52O2. The molecule has 0 aromatic heterocycles. The average molecular weight is 397 g/mol. The van der Waals surface area contributed by atoms with Crippen molar-refractivity contribution in [2.45, 2.75) is 112 Å². The van der Waals surface area contributed by atoms with E-state index in [0.717, 1.165) is 50.1 Å². The summed E-state index contributed by atoms with van der Waals surface area (Å²) in [6, 6.07) is 0. The molecule has 1 rings (SSSR count). The summed E-state index contributed by atoms with van der Waals surface area (Å²) in [5.74, 6) is 3.08. The van der Waals surface area contributed by atoms with Crippen LogP contribution in [0.3, 0.4) is 0 Å². The first-order chi connectivity index (χ1) is 13.4. The molecule has 2 heteroatoms. The molecule has 0 unspecified atom stereocenters. The Kier molecular flexibility index (Phi) is 13.7. The molecule has 0 amide bonds. The number of hydrogen-bond acceptors (Lipinski definition) is 2. The van der Waals surface area contributed by atoms with Gasteiger partial charge in [0.25, 0.3) is 0 Å². The quantitative estimate of drug-likeness (QED) is 0.247. The fourth-order valence-electron chi connectivity index (χ4n) is 4.72. The Bertz CT molecular complexity index is 337. The Morgan fingerprint density at radius 1 is 0.750 bits per heavy atom. The van der Waals surface area contributed by atoms with E-state index < -0.39 is 0 Å². The second-order valence-electron chi connectivity index (χ2n) is 10.4. The van der Waals surface area contributed by atoms with Crippen LogP contribution in [0.15, 0.2) is 0 Å². The molecule has 0 spiro atoms. The van der Waals surface area contributed by atoms with Gasteiger partial charge in [0.1, 0.15) is 0 Å². The van der Waals surface area contributed by atoms with Crippen molar-refractivity contribution in [1.82, 2.24) is 0 Å². The molecule has 0 saturated heterocycles. The van der Waals surface area contributed by atoms with Gasteiger partial charge in [-0.05, 0) is 62.2 Å². The summed E-state index contributed by atoms with van der Waals surface area (Å²) in [7, 11) is 0. The van der Waals surface area contributed by atoms with Gasteiger partial charge in [0.15, 0.2) is 0 Å². The van der Waals surface area contributed by atoms with Crippen molar-refractivity contribution in [2.75, 3.05) is 26.4 Å². The maximum absolute atomic E-state index is 6.36. The van der Waals surface area contributed by atoms with Gasteiger partial charge in [-0.25, -0.2) is 0 Å². The smallest absolute Gasteiger partial charge is 0.0547 e. The first kappa shape index (κ1) is 26.0. The van der Waals surface area contributed by atoms with Crippen molar-refractivity contribution in [3.63, 3.8) is 0 Å². The van der Waals surface area contributed by atoms with Crippen LogP contribution in [0.2, 0.25) is 0 Å². The monoisotopic (exact) mass is 396 g/mol. The molecule has 0 N–H and O–H groups in total. The van der Waals surface area contributed by atoms with Crippen molar-refractivity contribution < 1.29 is 9.47 Å². The van der Waals surface area contributed by atoms with Gasteiger partial charge in [-0.3, -0.25) is 0 Å². The van der Waals surface area contributed by atoms with Crippen LogP contribution >= 0.6 is 0 Å². The first-order valence-corrected chi connectivity index (χ1v) is 12.6. The largest absolute Gasteiger partial charge is 0.381 e. The van der Waals surface area contributed by atoms with Crippen LogP contribution in [-0.4, -0.2) is 26.4 Å². The van der Waals surface area contributed by atoms with E-state index in [-0.39, 0.29) is 5.41 Å². The zero-order valence-electron chi connectivity index (χ0n) is 20.2. The third-order valence-electron chi connectivity index (χ3n) is 7.13. The summed E-state index contributed by atoms with van der Waals surface area (Å²) in [5, 5.41) is 0. The third kappa shape index (κ3) is 10.1. The molecule has 0 aromatic carbocycles. The first-order valence-electron chi connectivity index (χ1n) is 12.6. The molecule has 0 radical (unpaired) electrons. The Hall–Kier alpha value is -0.0800. The van der Waals surface area contributed by atoms with Crippen LogP contribution < -0.4 is 0 Å². The lowest BCUT2D eigenvalue weighted by atomic mass is 9.66. The minimum absolute atomic E-state index is 0.233. The van der Waals surface area contributed by atoms with E-state index in [1.54, 1.807) is 0 Å². The molecule has 168 valence electrons. The second-order valence-corrected chi connectivity index (χ2v) is 10.4. The Labute approximate surface area is 177 Å². The second kappa shape index (κ2) is 14.8. The van der Waals surface area contributed by atoms with Crippen molar-refractivity contribution in [1.29, 1.82) is 0 Å². The Morgan fingerprint density at radius 3 is 1.68 bits per heavy atom. The van der Waals surface area contributed by atoms with Crippen molar-refractivity contribution in [2.24, 2.45) is 29.1 Å². The van der Waals surface area contributed by atoms with E-state index in [1.165, 1.54) is 70.6 Å². The number of ether oxygens (including phenoxy) is 2. The molecule has 0 aromatic rings. The molecular weight excluding hydrogens is 344 g/mol. The van der Waals surface area contributed by atoms with Gasteiger partial charge in [0.2, 0.25) is 0 Å². The van der Waals surface area contributed by atoms with Crippen LogP contribution in [0.25, 0.3) is 0 Å². The highest BCUT2D eigenvalue weighted by Crippen LogP contribution is 2.44. The van der Waals surface area contributed by atoms with Gasteiger partial charge in [0.05, 0.1) is 13.2 Å². The molecule has 0 atom stereocenters. The van der Waals surface area contributed by atoms with E-state index in [0.29, 0.717) is 0 Å². The summed E-state index contributed by atoms with van der Waals surface area (Å²) in [4.78, 5) is 0. The average Bonchev–Trinajstić information content (AvgIpc) is 2.69. The van der Waals surface area contributed by atoms with Gasteiger partial charge in [-0.2, -0.15) is 0 Å². The predicted molar refractivity (Wildman–Crippen MR) is 123 cm³/mol. The Morgan fingerprint density at radius 2 is 1.25 bits per heavy atom. The van der Waals surface area contributed by atoms with Gasteiger partial charge in [-0.1, -0.05) is 73.6 Å². The van der Waals surface area contributed by atoms with Crippen molar-refractivity contribution in [3.8, 4) is 0 Å². The van der Waals surface area contributed by atoms with E-state index in [2.05, 4.69) is 41.5 Å². The maximum Gasteiger partial charge on any atom is 0.0547 e. The highest BCUT2D eigenvalue weighted by molar-refractivity contribution is 4.89. The zero-order chi connectivity index (χ0) is 20.8. The summed E-state index contributed by atoms with van der Waals surface area (Å²) in [5.41, 5.74) is 0.233. The standard InChI is InChI=1S/C26H52O2/c1-7-24(8-2)14-17-26(20-27-18-15-22(3)4,21-28-19-16-23(5)6)25-12-10-9-11-13-25/h22-25H,7-21H2,1-6H3. The molecule has 28 heavy (non-hydrogen) atoms. The van der Waals surface area contributed by atoms with Gasteiger partial charge >= 0.3 is 0 Å². The summed E-state index contributed by atoms with van der Waals surface area (Å²) < 4.78 is 12.7. The highest BCUT2D eigenvalue weighted by Gasteiger charge is 2.40. The normalized spacial score (nSPS) is 16.6. The SMILES string of the molecule is CCC(CC)CCC(COCCC(C)C)(COCCC(C)C)C1CCCCC1. The molecule has 2 nitrogen and oxygen atoms in total. The van der Waals surface area contributed by atoms with E-state index >= 15 is 0 Å². The van der Waals surface area contributed by atoms with Crippen LogP contribution in [-0.2, 0) is 9.47 Å². The molecule has 1 saturated carbocycles. The lowest BCUT2D eigenvalue weighted by Crippen LogP contribution is -2.41. The summed E-state index contributed by atoms with van der Waals surface area (Å²) >= 11 is 0. The van der Waals surface area contributed by atoms with Crippen molar-refractivity contribution in [3.05, 3.63) is 0 Å². The molecule has 0 bridgehead atoms. The third-order valence-corrected chi connectivity index (χ3v) is 7.13. The van der Waals surface area contributed by atoms with Gasteiger partial charge in [0, 0.05) is 18.6 Å². The lowest BCUT2D eigenvalue weighted by Gasteiger charge is -2.43. The van der Waals surface area contributed by atoms with Gasteiger partial charge < -0.3 is 9.47 Å². The molecule has 1 fully saturated rings. The van der Waals surface area contributed by atoms with E-state index in [1.807, 2.05) is 0 Å². The summed E-state index contributed by atoms with van der Waals surface area (Å²) in [6.07, 6.45) is 14.5. The lowest BCUT2D eigenvalue weighted by molar-refractivity contribution is -0.0748. The topological polar surface area (TPSA) is 18.5 Å². The molecule has 0 aliphatic heterocycles.